The SMILES string of the molecule is CC1CCN(S(=O)(=O)Nc2ccn[nH]2)CC1. The highest BCUT2D eigenvalue weighted by Crippen LogP contribution is 2.19. The fourth-order valence-electron chi connectivity index (χ4n) is 1.74. The van der Waals surface area contributed by atoms with Gasteiger partial charge in [0.05, 0.1) is 6.20 Å². The second kappa shape index (κ2) is 4.42. The van der Waals surface area contributed by atoms with E-state index in [1.807, 2.05) is 0 Å². The summed E-state index contributed by atoms with van der Waals surface area (Å²) >= 11 is 0. The normalized spacial score (nSPS) is 19.8. The molecule has 90 valence electrons. The number of H-pyrrole nitrogens is 1. The Kier molecular flexibility index (Phi) is 3.15. The van der Waals surface area contributed by atoms with Crippen LogP contribution in [0, 0.1) is 5.92 Å². The summed E-state index contributed by atoms with van der Waals surface area (Å²) in [5.41, 5.74) is 0. The first kappa shape index (κ1) is 11.4. The second-order valence-electron chi connectivity index (χ2n) is 4.16. The van der Waals surface area contributed by atoms with Gasteiger partial charge in [-0.15, -0.1) is 0 Å². The fourth-order valence-corrected chi connectivity index (χ4v) is 2.95. The van der Waals surface area contributed by atoms with E-state index in [0.717, 1.165) is 12.8 Å². The number of hydrogen-bond donors (Lipinski definition) is 2. The van der Waals surface area contributed by atoms with Gasteiger partial charge in [0.15, 0.2) is 0 Å². The molecule has 0 aliphatic carbocycles. The molecule has 2 heterocycles. The van der Waals surface area contributed by atoms with Gasteiger partial charge in [0.2, 0.25) is 0 Å². The lowest BCUT2D eigenvalue weighted by molar-refractivity contribution is 0.289. The maximum atomic E-state index is 11.9. The third-order valence-electron chi connectivity index (χ3n) is 2.82. The molecule has 1 aliphatic rings. The van der Waals surface area contributed by atoms with Gasteiger partial charge in [-0.1, -0.05) is 6.92 Å². The smallest absolute Gasteiger partial charge is 0.262 e. The molecule has 1 fully saturated rings. The Labute approximate surface area is 95.2 Å². The van der Waals surface area contributed by atoms with Crippen molar-refractivity contribution in [3.63, 3.8) is 0 Å². The largest absolute Gasteiger partial charge is 0.302 e. The molecule has 2 rings (SSSR count). The lowest BCUT2D eigenvalue weighted by Crippen LogP contribution is -2.41. The maximum absolute atomic E-state index is 11.9. The average molecular weight is 244 g/mol. The van der Waals surface area contributed by atoms with Gasteiger partial charge in [-0.3, -0.25) is 9.82 Å². The van der Waals surface area contributed by atoms with E-state index in [2.05, 4.69) is 21.8 Å². The highest BCUT2D eigenvalue weighted by molar-refractivity contribution is 7.90. The van der Waals surface area contributed by atoms with Gasteiger partial charge >= 0.3 is 10.2 Å². The van der Waals surface area contributed by atoms with Gasteiger partial charge in [-0.25, -0.2) is 0 Å². The molecular formula is C9H16N4O2S. The van der Waals surface area contributed by atoms with Crippen molar-refractivity contribution in [3.05, 3.63) is 12.3 Å². The molecule has 0 radical (unpaired) electrons. The molecule has 0 spiro atoms. The van der Waals surface area contributed by atoms with Crippen LogP contribution in [0.3, 0.4) is 0 Å². The molecule has 0 atom stereocenters. The number of rotatable bonds is 3. The molecule has 2 N–H and O–H groups in total. The van der Waals surface area contributed by atoms with E-state index in [1.54, 1.807) is 6.07 Å². The van der Waals surface area contributed by atoms with E-state index in [1.165, 1.54) is 10.5 Å². The third kappa shape index (κ3) is 2.53. The summed E-state index contributed by atoms with van der Waals surface area (Å²) in [6, 6.07) is 1.59. The van der Waals surface area contributed by atoms with Crippen LogP contribution in [0.2, 0.25) is 0 Å². The molecule has 0 aromatic carbocycles. The monoisotopic (exact) mass is 244 g/mol. The number of aromatic amines is 1. The summed E-state index contributed by atoms with van der Waals surface area (Å²) in [5, 5.41) is 6.27. The minimum Gasteiger partial charge on any atom is -0.262 e. The summed E-state index contributed by atoms with van der Waals surface area (Å²) in [4.78, 5) is 0. The Morgan fingerprint density at radius 2 is 2.19 bits per heavy atom. The van der Waals surface area contributed by atoms with E-state index in [-0.39, 0.29) is 0 Å². The number of anilines is 1. The topological polar surface area (TPSA) is 78.1 Å². The average Bonchev–Trinajstić information content (AvgIpc) is 2.70. The van der Waals surface area contributed by atoms with Crippen molar-refractivity contribution < 1.29 is 8.42 Å². The molecule has 7 heteroatoms. The first-order chi connectivity index (χ1) is 7.58. The highest BCUT2D eigenvalue weighted by Gasteiger charge is 2.26. The lowest BCUT2D eigenvalue weighted by Gasteiger charge is -2.29. The van der Waals surface area contributed by atoms with Crippen LogP contribution in [0.5, 0.6) is 0 Å². The van der Waals surface area contributed by atoms with Gasteiger partial charge in [0.25, 0.3) is 0 Å². The van der Waals surface area contributed by atoms with E-state index in [0.29, 0.717) is 24.8 Å². The number of nitrogens with one attached hydrogen (secondary N) is 2. The minimum absolute atomic E-state index is 0.402. The summed E-state index contributed by atoms with van der Waals surface area (Å²) in [6.07, 6.45) is 3.35. The number of piperidine rings is 1. The molecule has 1 aliphatic heterocycles. The standard InChI is InChI=1S/C9H16N4O2S/c1-8-3-6-13(7-4-8)16(14,15)12-9-2-5-10-11-9/h2,5,8H,3-4,6-7H2,1H3,(H2,10,11,12). The van der Waals surface area contributed by atoms with Gasteiger partial charge in [0, 0.05) is 19.2 Å². The molecule has 6 nitrogen and oxygen atoms in total. The minimum atomic E-state index is -3.42. The maximum Gasteiger partial charge on any atom is 0.302 e. The predicted molar refractivity (Wildman–Crippen MR) is 61.1 cm³/mol. The molecule has 1 saturated heterocycles. The van der Waals surface area contributed by atoms with Crippen LogP contribution in [0.1, 0.15) is 19.8 Å². The van der Waals surface area contributed by atoms with E-state index < -0.39 is 10.2 Å². The van der Waals surface area contributed by atoms with Crippen LogP contribution in [-0.2, 0) is 10.2 Å². The zero-order valence-corrected chi connectivity index (χ0v) is 10.00. The first-order valence-electron chi connectivity index (χ1n) is 5.35. The van der Waals surface area contributed by atoms with Gasteiger partial charge in [0.1, 0.15) is 5.82 Å². The van der Waals surface area contributed by atoms with E-state index in [9.17, 15) is 8.42 Å². The summed E-state index contributed by atoms with van der Waals surface area (Å²) in [7, 11) is -3.42. The van der Waals surface area contributed by atoms with Gasteiger partial charge < -0.3 is 0 Å². The van der Waals surface area contributed by atoms with Crippen LogP contribution in [0.15, 0.2) is 12.3 Å². The first-order valence-corrected chi connectivity index (χ1v) is 6.79. The van der Waals surface area contributed by atoms with Crippen LogP contribution in [-0.4, -0.2) is 36.0 Å². The Hall–Kier alpha value is -1.08. The van der Waals surface area contributed by atoms with Crippen molar-refractivity contribution in [2.45, 2.75) is 19.8 Å². The number of nitrogens with zero attached hydrogens (tertiary/aromatic N) is 2. The van der Waals surface area contributed by atoms with Crippen LogP contribution < -0.4 is 4.72 Å². The summed E-state index contributed by atoms with van der Waals surface area (Å²) in [6.45, 7) is 3.32. The number of aromatic nitrogens is 2. The zero-order valence-electron chi connectivity index (χ0n) is 9.18. The Bertz CT molecular complexity index is 420. The van der Waals surface area contributed by atoms with Gasteiger partial charge in [-0.2, -0.15) is 17.8 Å². The molecule has 0 saturated carbocycles. The molecular weight excluding hydrogens is 228 g/mol. The Morgan fingerprint density at radius 1 is 1.50 bits per heavy atom. The summed E-state index contributed by atoms with van der Waals surface area (Å²) < 4.78 is 27.8. The quantitative estimate of drug-likeness (QED) is 0.825. The van der Waals surface area contributed by atoms with Crippen LogP contribution >= 0.6 is 0 Å². The lowest BCUT2D eigenvalue weighted by atomic mass is 10.0. The van der Waals surface area contributed by atoms with Crippen LogP contribution in [0.25, 0.3) is 0 Å². The third-order valence-corrected chi connectivity index (χ3v) is 4.35. The summed E-state index contributed by atoms with van der Waals surface area (Å²) in [5.74, 6) is 1.01. The van der Waals surface area contributed by atoms with E-state index >= 15 is 0 Å². The van der Waals surface area contributed by atoms with E-state index in [4.69, 9.17) is 0 Å². The van der Waals surface area contributed by atoms with Crippen LogP contribution in [0.4, 0.5) is 5.82 Å². The zero-order chi connectivity index (χ0) is 11.6. The van der Waals surface area contributed by atoms with Crippen molar-refractivity contribution in [1.82, 2.24) is 14.5 Å². The highest BCUT2D eigenvalue weighted by atomic mass is 32.2. The van der Waals surface area contributed by atoms with Crippen molar-refractivity contribution >= 4 is 16.0 Å². The fraction of sp³-hybridized carbons (Fsp3) is 0.667. The molecule has 1 aromatic rings. The second-order valence-corrected chi connectivity index (χ2v) is 5.83. The Balaban J connectivity index is 2.02. The predicted octanol–water partition coefficient (Wildman–Crippen LogP) is 0.798. The molecule has 0 bridgehead atoms. The molecule has 0 amide bonds. The van der Waals surface area contributed by atoms with Crippen molar-refractivity contribution in [3.8, 4) is 0 Å². The van der Waals surface area contributed by atoms with Gasteiger partial charge in [-0.05, 0) is 18.8 Å². The van der Waals surface area contributed by atoms with Crippen molar-refractivity contribution in [2.75, 3.05) is 17.8 Å². The van der Waals surface area contributed by atoms with Crippen molar-refractivity contribution in [1.29, 1.82) is 0 Å². The molecule has 0 unspecified atom stereocenters. The molecule has 1 aromatic heterocycles. The van der Waals surface area contributed by atoms with Crippen molar-refractivity contribution in [2.24, 2.45) is 5.92 Å². The number of hydrogen-bond acceptors (Lipinski definition) is 3. The molecule has 16 heavy (non-hydrogen) atoms. The Morgan fingerprint density at radius 3 is 2.75 bits per heavy atom.